The highest BCUT2D eigenvalue weighted by molar-refractivity contribution is 14.0. The molecular weight excluding hydrogens is 459 g/mol. The lowest BCUT2D eigenvalue weighted by Gasteiger charge is -2.16. The Balaban J connectivity index is 0.00000243. The molecule has 0 bridgehead atoms. The van der Waals surface area contributed by atoms with Crippen LogP contribution in [0.15, 0.2) is 46.1 Å². The number of carbonyl (C=O) groups is 1. The van der Waals surface area contributed by atoms with Gasteiger partial charge in [-0.25, -0.2) is 0 Å². The zero-order valence-corrected chi connectivity index (χ0v) is 18.1. The van der Waals surface area contributed by atoms with Gasteiger partial charge in [-0.15, -0.1) is 24.0 Å². The Hall–Kier alpha value is -1.61. The van der Waals surface area contributed by atoms with Gasteiger partial charge >= 0.3 is 0 Å². The van der Waals surface area contributed by atoms with Crippen molar-refractivity contribution in [1.82, 2.24) is 15.5 Å². The number of hydrogen-bond donors (Lipinski definition) is 2. The molecule has 1 saturated heterocycles. The van der Waals surface area contributed by atoms with Gasteiger partial charge in [0, 0.05) is 39.6 Å². The molecule has 5 nitrogen and oxygen atoms in total. The number of amides is 1. The summed E-state index contributed by atoms with van der Waals surface area (Å²) in [6.45, 7) is 3.05. The molecule has 2 heterocycles. The predicted molar refractivity (Wildman–Crippen MR) is 118 cm³/mol. The van der Waals surface area contributed by atoms with Crippen LogP contribution in [0.3, 0.4) is 0 Å². The van der Waals surface area contributed by atoms with E-state index in [4.69, 9.17) is 0 Å². The van der Waals surface area contributed by atoms with Crippen molar-refractivity contribution in [2.45, 2.75) is 32.5 Å². The average Bonchev–Trinajstić information content (AvgIpc) is 3.28. The van der Waals surface area contributed by atoms with Gasteiger partial charge in [-0.3, -0.25) is 9.79 Å². The van der Waals surface area contributed by atoms with Crippen molar-refractivity contribution in [3.8, 4) is 0 Å². The number of aliphatic imine (C=N–C) groups is 1. The highest BCUT2D eigenvalue weighted by Crippen LogP contribution is 2.15. The number of halogens is 1. The highest BCUT2D eigenvalue weighted by Gasteiger charge is 2.19. The highest BCUT2D eigenvalue weighted by atomic mass is 127. The molecule has 0 saturated carbocycles. The quantitative estimate of drug-likeness (QED) is 0.376. The van der Waals surface area contributed by atoms with Gasteiger partial charge in [0.15, 0.2) is 5.96 Å². The number of likely N-dealkylation sites (tertiary alicyclic amines) is 1. The topological polar surface area (TPSA) is 56.7 Å². The molecule has 2 aromatic rings. The van der Waals surface area contributed by atoms with Crippen LogP contribution in [0.25, 0.3) is 0 Å². The maximum Gasteiger partial charge on any atom is 0.222 e. The summed E-state index contributed by atoms with van der Waals surface area (Å²) in [6, 6.07) is 10.5. The third-order valence-corrected chi connectivity index (χ3v) is 4.99. The minimum atomic E-state index is 0. The Morgan fingerprint density at radius 2 is 1.96 bits per heavy atom. The molecular formula is C19H25IN4OS. The van der Waals surface area contributed by atoms with E-state index < -0.39 is 0 Å². The van der Waals surface area contributed by atoms with Crippen LogP contribution in [-0.2, 0) is 24.4 Å². The molecule has 1 aromatic heterocycles. The van der Waals surface area contributed by atoms with Crippen LogP contribution in [0.1, 0.15) is 29.5 Å². The van der Waals surface area contributed by atoms with Crippen LogP contribution in [0.5, 0.6) is 0 Å². The lowest BCUT2D eigenvalue weighted by molar-refractivity contribution is -0.128. The molecule has 0 aliphatic carbocycles. The fraction of sp³-hybridized carbons (Fsp3) is 0.368. The van der Waals surface area contributed by atoms with Crippen molar-refractivity contribution in [2.75, 3.05) is 13.6 Å². The normalized spacial score (nSPS) is 14.3. The molecule has 0 atom stereocenters. The summed E-state index contributed by atoms with van der Waals surface area (Å²) >= 11 is 1.70. The molecule has 0 radical (unpaired) electrons. The average molecular weight is 484 g/mol. The molecule has 2 N–H and O–H groups in total. The Labute approximate surface area is 175 Å². The first-order valence-electron chi connectivity index (χ1n) is 8.56. The van der Waals surface area contributed by atoms with Crippen molar-refractivity contribution in [1.29, 1.82) is 0 Å². The lowest BCUT2D eigenvalue weighted by atomic mass is 10.1. The van der Waals surface area contributed by atoms with E-state index in [2.05, 4.69) is 56.7 Å². The van der Waals surface area contributed by atoms with Gasteiger partial charge in [-0.05, 0) is 39.9 Å². The van der Waals surface area contributed by atoms with E-state index in [9.17, 15) is 4.79 Å². The summed E-state index contributed by atoms with van der Waals surface area (Å²) in [5.41, 5.74) is 3.61. The lowest BCUT2D eigenvalue weighted by Crippen LogP contribution is -2.36. The van der Waals surface area contributed by atoms with Crippen LogP contribution in [0.4, 0.5) is 0 Å². The maximum absolute atomic E-state index is 11.8. The molecule has 1 fully saturated rings. The Morgan fingerprint density at radius 1 is 1.19 bits per heavy atom. The van der Waals surface area contributed by atoms with Gasteiger partial charge in [0.1, 0.15) is 0 Å². The third kappa shape index (κ3) is 5.98. The van der Waals surface area contributed by atoms with E-state index in [-0.39, 0.29) is 29.9 Å². The first-order chi connectivity index (χ1) is 12.2. The SMILES string of the molecule is CN=C(NCc1ccsc1)NCc1cccc(CN2CCCC2=O)c1.I. The van der Waals surface area contributed by atoms with Crippen LogP contribution >= 0.6 is 35.3 Å². The number of benzene rings is 1. The standard InChI is InChI=1S/C19H24N4OS.HI/c1-20-19(22-12-17-7-9-25-14-17)21-11-15-4-2-5-16(10-15)13-23-8-3-6-18(23)24;/h2,4-5,7,9-10,14H,3,6,8,11-13H2,1H3,(H2,20,21,22);1H. The van der Waals surface area contributed by atoms with E-state index in [1.165, 1.54) is 16.7 Å². The summed E-state index contributed by atoms with van der Waals surface area (Å²) in [4.78, 5) is 18.0. The van der Waals surface area contributed by atoms with Gasteiger partial charge in [-0.1, -0.05) is 24.3 Å². The van der Waals surface area contributed by atoms with E-state index >= 15 is 0 Å². The molecule has 1 aliphatic rings. The summed E-state index contributed by atoms with van der Waals surface area (Å²) in [5.74, 6) is 1.05. The van der Waals surface area contributed by atoms with E-state index in [0.29, 0.717) is 19.5 Å². The summed E-state index contributed by atoms with van der Waals surface area (Å²) in [5, 5.41) is 10.9. The fourth-order valence-corrected chi connectivity index (χ4v) is 3.58. The molecule has 26 heavy (non-hydrogen) atoms. The van der Waals surface area contributed by atoms with Crippen LogP contribution in [-0.4, -0.2) is 30.4 Å². The Bertz CT molecular complexity index is 733. The molecule has 1 aromatic carbocycles. The van der Waals surface area contributed by atoms with Crippen molar-refractivity contribution in [3.63, 3.8) is 0 Å². The molecule has 3 rings (SSSR count). The van der Waals surface area contributed by atoms with Gasteiger partial charge in [-0.2, -0.15) is 11.3 Å². The Kier molecular flexibility index (Phi) is 8.37. The van der Waals surface area contributed by atoms with Gasteiger partial charge < -0.3 is 15.5 Å². The minimum Gasteiger partial charge on any atom is -0.352 e. The first kappa shape index (κ1) is 20.7. The van der Waals surface area contributed by atoms with Crippen molar-refractivity contribution >= 4 is 47.2 Å². The number of hydrogen-bond acceptors (Lipinski definition) is 3. The maximum atomic E-state index is 11.8. The molecule has 1 amide bonds. The van der Waals surface area contributed by atoms with Crippen LogP contribution in [0.2, 0.25) is 0 Å². The van der Waals surface area contributed by atoms with Gasteiger partial charge in [0.25, 0.3) is 0 Å². The number of rotatable bonds is 6. The number of carbonyl (C=O) groups excluding carboxylic acids is 1. The largest absolute Gasteiger partial charge is 0.352 e. The number of nitrogens with one attached hydrogen (secondary N) is 2. The summed E-state index contributed by atoms with van der Waals surface area (Å²) in [7, 11) is 1.78. The summed E-state index contributed by atoms with van der Waals surface area (Å²) in [6.07, 6.45) is 1.67. The van der Waals surface area contributed by atoms with Gasteiger partial charge in [0.2, 0.25) is 5.91 Å². The fourth-order valence-electron chi connectivity index (χ4n) is 2.91. The zero-order valence-electron chi connectivity index (χ0n) is 14.9. The zero-order chi connectivity index (χ0) is 17.5. The van der Waals surface area contributed by atoms with E-state index in [0.717, 1.165) is 25.5 Å². The third-order valence-electron chi connectivity index (χ3n) is 4.26. The first-order valence-corrected chi connectivity index (χ1v) is 9.50. The molecule has 140 valence electrons. The number of nitrogens with zero attached hydrogens (tertiary/aromatic N) is 2. The van der Waals surface area contributed by atoms with Gasteiger partial charge in [0.05, 0.1) is 0 Å². The molecule has 0 unspecified atom stereocenters. The second-order valence-electron chi connectivity index (χ2n) is 6.15. The Morgan fingerprint density at radius 3 is 2.62 bits per heavy atom. The predicted octanol–water partition coefficient (Wildman–Crippen LogP) is 3.35. The smallest absolute Gasteiger partial charge is 0.222 e. The molecule has 7 heteroatoms. The number of guanidine groups is 1. The molecule has 1 aliphatic heterocycles. The van der Waals surface area contributed by atoms with E-state index in [1.807, 2.05) is 4.90 Å². The van der Waals surface area contributed by atoms with Crippen molar-refractivity contribution < 1.29 is 4.79 Å². The minimum absolute atomic E-state index is 0. The molecule has 0 spiro atoms. The van der Waals surface area contributed by atoms with Crippen LogP contribution in [0, 0.1) is 0 Å². The van der Waals surface area contributed by atoms with E-state index in [1.54, 1.807) is 18.4 Å². The number of thiophene rings is 1. The monoisotopic (exact) mass is 484 g/mol. The second-order valence-corrected chi connectivity index (χ2v) is 6.93. The van der Waals surface area contributed by atoms with Crippen molar-refractivity contribution in [3.05, 3.63) is 57.8 Å². The van der Waals surface area contributed by atoms with Crippen molar-refractivity contribution in [2.24, 2.45) is 4.99 Å². The second kappa shape index (κ2) is 10.5. The van der Waals surface area contributed by atoms with Crippen LogP contribution < -0.4 is 10.6 Å². The summed E-state index contributed by atoms with van der Waals surface area (Å²) < 4.78 is 0.